The number of likely N-dealkylation sites (N-methyl/N-ethyl adjacent to an activating group) is 1. The fraction of sp³-hybridized carbons (Fsp3) is 0.250. The molecule has 0 saturated heterocycles. The first-order chi connectivity index (χ1) is 12.8. The zero-order valence-electron chi connectivity index (χ0n) is 15.2. The van der Waals surface area contributed by atoms with Crippen molar-refractivity contribution in [3.05, 3.63) is 101 Å². The van der Waals surface area contributed by atoms with Crippen LogP contribution in [0.5, 0.6) is 5.75 Å². The number of fused-ring (bicyclic) bond motifs is 1. The topological polar surface area (TPSA) is 21.3 Å². The molecule has 0 spiro atoms. The van der Waals surface area contributed by atoms with Gasteiger partial charge in [-0.05, 0) is 54.3 Å². The molecule has 0 unspecified atom stereocenters. The molecule has 1 aliphatic rings. The van der Waals surface area contributed by atoms with E-state index in [-0.39, 0.29) is 0 Å². The van der Waals surface area contributed by atoms with Crippen molar-refractivity contribution in [3.8, 4) is 5.75 Å². The van der Waals surface area contributed by atoms with Gasteiger partial charge in [-0.1, -0.05) is 66.7 Å². The van der Waals surface area contributed by atoms with Crippen molar-refractivity contribution in [1.29, 1.82) is 0 Å². The largest absolute Gasteiger partial charge is 0.489 e. The van der Waals surface area contributed by atoms with E-state index in [1.165, 1.54) is 22.3 Å². The molecule has 1 N–H and O–H groups in total. The second kappa shape index (κ2) is 7.76. The Morgan fingerprint density at radius 2 is 1.58 bits per heavy atom. The lowest BCUT2D eigenvalue weighted by Crippen LogP contribution is -2.30. The summed E-state index contributed by atoms with van der Waals surface area (Å²) < 4.78 is 5.90. The minimum absolute atomic E-state index is 0.515. The van der Waals surface area contributed by atoms with Crippen molar-refractivity contribution in [2.24, 2.45) is 0 Å². The summed E-state index contributed by atoms with van der Waals surface area (Å²) in [6.45, 7) is 0.609. The Hall–Kier alpha value is -2.58. The van der Waals surface area contributed by atoms with Crippen LogP contribution in [0, 0.1) is 0 Å². The smallest absolute Gasteiger partial charge is 0.119 e. The molecule has 2 atom stereocenters. The van der Waals surface area contributed by atoms with Crippen molar-refractivity contribution < 1.29 is 4.74 Å². The van der Waals surface area contributed by atoms with Crippen LogP contribution in [-0.4, -0.2) is 13.1 Å². The van der Waals surface area contributed by atoms with Gasteiger partial charge in [-0.2, -0.15) is 0 Å². The molecule has 4 rings (SSSR count). The third kappa shape index (κ3) is 3.66. The van der Waals surface area contributed by atoms with Crippen molar-refractivity contribution >= 4 is 0 Å². The fourth-order valence-corrected chi connectivity index (χ4v) is 3.95. The van der Waals surface area contributed by atoms with Crippen LogP contribution in [0.3, 0.4) is 0 Å². The standard InChI is InChI=1S/C24H25NO/c1-25-24-16-20-9-5-6-10-22(20)23(24)15-18-11-13-21(14-12-18)26-17-19-7-3-2-4-8-19/h2-14,23-25H,15-17H2,1H3/t23-,24-/m1/s1. The summed E-state index contributed by atoms with van der Waals surface area (Å²) in [6, 6.07) is 28.2. The minimum atomic E-state index is 0.515. The first-order valence-electron chi connectivity index (χ1n) is 9.34. The number of nitrogens with one attached hydrogen (secondary N) is 1. The van der Waals surface area contributed by atoms with E-state index in [0.29, 0.717) is 18.6 Å². The van der Waals surface area contributed by atoms with Crippen LogP contribution in [0.1, 0.15) is 28.2 Å². The predicted octanol–water partition coefficient (Wildman–Crippen LogP) is 4.74. The van der Waals surface area contributed by atoms with Crippen molar-refractivity contribution in [2.75, 3.05) is 7.05 Å². The molecule has 0 saturated carbocycles. The van der Waals surface area contributed by atoms with E-state index in [4.69, 9.17) is 4.74 Å². The third-order valence-corrected chi connectivity index (χ3v) is 5.38. The zero-order valence-corrected chi connectivity index (χ0v) is 15.2. The summed E-state index contributed by atoms with van der Waals surface area (Å²) in [5, 5.41) is 3.51. The molecule has 132 valence electrons. The second-order valence-corrected chi connectivity index (χ2v) is 7.03. The van der Waals surface area contributed by atoms with Crippen molar-refractivity contribution in [3.63, 3.8) is 0 Å². The van der Waals surface area contributed by atoms with Crippen LogP contribution in [0.25, 0.3) is 0 Å². The maximum Gasteiger partial charge on any atom is 0.119 e. The summed E-state index contributed by atoms with van der Waals surface area (Å²) in [5.74, 6) is 1.46. The molecule has 0 amide bonds. The number of ether oxygens (including phenoxy) is 1. The highest BCUT2D eigenvalue weighted by Gasteiger charge is 2.30. The van der Waals surface area contributed by atoms with Gasteiger partial charge in [0.1, 0.15) is 12.4 Å². The van der Waals surface area contributed by atoms with E-state index < -0.39 is 0 Å². The first-order valence-corrected chi connectivity index (χ1v) is 9.34. The number of rotatable bonds is 6. The third-order valence-electron chi connectivity index (χ3n) is 5.38. The van der Waals surface area contributed by atoms with E-state index in [9.17, 15) is 0 Å². The van der Waals surface area contributed by atoms with Gasteiger partial charge in [-0.3, -0.25) is 0 Å². The van der Waals surface area contributed by atoms with Crippen LogP contribution in [0.4, 0.5) is 0 Å². The quantitative estimate of drug-likeness (QED) is 0.698. The Labute approximate surface area is 155 Å². The molecule has 3 aromatic carbocycles. The molecular weight excluding hydrogens is 318 g/mol. The average molecular weight is 343 g/mol. The zero-order chi connectivity index (χ0) is 17.8. The Bertz CT molecular complexity index is 842. The number of hydrogen-bond acceptors (Lipinski definition) is 2. The predicted molar refractivity (Wildman–Crippen MR) is 107 cm³/mol. The molecule has 2 nitrogen and oxygen atoms in total. The maximum absolute atomic E-state index is 5.90. The normalized spacial score (nSPS) is 18.5. The highest BCUT2D eigenvalue weighted by molar-refractivity contribution is 5.39. The first kappa shape index (κ1) is 16.9. The molecule has 0 aliphatic heterocycles. The van der Waals surface area contributed by atoms with Gasteiger partial charge in [0.25, 0.3) is 0 Å². The molecule has 3 aromatic rings. The van der Waals surface area contributed by atoms with Crippen LogP contribution < -0.4 is 10.1 Å². The van der Waals surface area contributed by atoms with Crippen LogP contribution in [0.15, 0.2) is 78.9 Å². The monoisotopic (exact) mass is 343 g/mol. The van der Waals surface area contributed by atoms with Crippen LogP contribution >= 0.6 is 0 Å². The van der Waals surface area contributed by atoms with Crippen molar-refractivity contribution in [2.45, 2.75) is 31.4 Å². The molecule has 0 bridgehead atoms. The summed E-state index contributed by atoms with van der Waals surface area (Å²) >= 11 is 0. The number of hydrogen-bond donors (Lipinski definition) is 1. The van der Waals surface area contributed by atoms with E-state index >= 15 is 0 Å². The summed E-state index contributed by atoms with van der Waals surface area (Å²) in [7, 11) is 2.07. The van der Waals surface area contributed by atoms with Gasteiger partial charge in [-0.25, -0.2) is 0 Å². The summed E-state index contributed by atoms with van der Waals surface area (Å²) in [5.41, 5.74) is 5.53. The lowest BCUT2D eigenvalue weighted by molar-refractivity contribution is 0.306. The number of benzene rings is 3. The molecule has 1 aliphatic carbocycles. The van der Waals surface area contributed by atoms with Gasteiger partial charge in [0.2, 0.25) is 0 Å². The van der Waals surface area contributed by atoms with Crippen molar-refractivity contribution in [1.82, 2.24) is 5.32 Å². The molecule has 2 heteroatoms. The van der Waals surface area contributed by atoms with E-state index in [1.54, 1.807) is 0 Å². The Morgan fingerprint density at radius 1 is 0.846 bits per heavy atom. The molecule has 0 radical (unpaired) electrons. The maximum atomic E-state index is 5.90. The highest BCUT2D eigenvalue weighted by Crippen LogP contribution is 2.35. The molecule has 0 heterocycles. The lowest BCUT2D eigenvalue weighted by Gasteiger charge is -2.20. The Balaban J connectivity index is 1.42. The summed E-state index contributed by atoms with van der Waals surface area (Å²) in [6.07, 6.45) is 2.18. The van der Waals surface area contributed by atoms with E-state index in [2.05, 4.69) is 73.0 Å². The van der Waals surface area contributed by atoms with Gasteiger partial charge in [0, 0.05) is 12.0 Å². The van der Waals surface area contributed by atoms with Gasteiger partial charge in [-0.15, -0.1) is 0 Å². The fourth-order valence-electron chi connectivity index (χ4n) is 3.95. The molecule has 0 fully saturated rings. The average Bonchev–Trinajstić information content (AvgIpc) is 3.06. The molecule has 0 aromatic heterocycles. The van der Waals surface area contributed by atoms with E-state index in [0.717, 1.165) is 18.6 Å². The van der Waals surface area contributed by atoms with Gasteiger partial charge >= 0.3 is 0 Å². The van der Waals surface area contributed by atoms with Crippen LogP contribution in [0.2, 0.25) is 0 Å². The van der Waals surface area contributed by atoms with Crippen LogP contribution in [-0.2, 0) is 19.4 Å². The Morgan fingerprint density at radius 3 is 2.35 bits per heavy atom. The SMILES string of the molecule is CN[C@@H]1Cc2ccccc2[C@H]1Cc1ccc(OCc2ccccc2)cc1. The second-order valence-electron chi connectivity index (χ2n) is 7.03. The highest BCUT2D eigenvalue weighted by atomic mass is 16.5. The lowest BCUT2D eigenvalue weighted by atomic mass is 9.91. The van der Waals surface area contributed by atoms with Gasteiger partial charge < -0.3 is 10.1 Å². The van der Waals surface area contributed by atoms with E-state index in [1.807, 2.05) is 18.2 Å². The molecular formula is C24H25NO. The minimum Gasteiger partial charge on any atom is -0.489 e. The van der Waals surface area contributed by atoms with Gasteiger partial charge in [0.15, 0.2) is 0 Å². The Kier molecular flexibility index (Phi) is 5.03. The summed E-state index contributed by atoms with van der Waals surface area (Å²) in [4.78, 5) is 0. The van der Waals surface area contributed by atoms with Gasteiger partial charge in [0.05, 0.1) is 0 Å². The molecule has 26 heavy (non-hydrogen) atoms.